The van der Waals surface area contributed by atoms with Gasteiger partial charge in [0.25, 0.3) is 5.91 Å². The number of fused-ring (bicyclic) bond motifs is 2. The molecule has 3 amide bonds. The summed E-state index contributed by atoms with van der Waals surface area (Å²) in [6.45, 7) is 6.61. The second-order valence-corrected chi connectivity index (χ2v) is 9.77. The molecule has 0 aromatic heterocycles. The number of urea groups is 1. The van der Waals surface area contributed by atoms with Crippen LogP contribution in [0.4, 0.5) is 4.79 Å². The van der Waals surface area contributed by atoms with E-state index < -0.39 is 11.6 Å². The smallest absolute Gasteiger partial charge is 0.325 e. The van der Waals surface area contributed by atoms with Gasteiger partial charge in [-0.25, -0.2) is 4.79 Å². The molecule has 184 valence electrons. The second-order valence-electron chi connectivity index (χ2n) is 9.77. The van der Waals surface area contributed by atoms with E-state index in [1.54, 1.807) is 20.5 Å². The molecule has 8 heteroatoms. The zero-order valence-electron chi connectivity index (χ0n) is 20.6. The Labute approximate surface area is 201 Å². The first-order chi connectivity index (χ1) is 16.4. The quantitative estimate of drug-likeness (QED) is 0.633. The van der Waals surface area contributed by atoms with Gasteiger partial charge in [-0.2, -0.15) is 0 Å². The third kappa shape index (κ3) is 3.45. The SMILES string of the molecule is CCN1C(=O)N2CC3=C(C(C)C=C2C12CCN(C(=O)C1CC=CO1)CC2)C(OC)CC(OC)=C3. The average Bonchev–Trinajstić information content (AvgIpc) is 3.42. The van der Waals surface area contributed by atoms with Crippen LogP contribution in [0, 0.1) is 5.92 Å². The number of hydrogen-bond acceptors (Lipinski definition) is 5. The molecule has 4 heterocycles. The van der Waals surface area contributed by atoms with Crippen LogP contribution >= 0.6 is 0 Å². The first-order valence-corrected chi connectivity index (χ1v) is 12.3. The number of amides is 3. The van der Waals surface area contributed by atoms with Gasteiger partial charge in [-0.15, -0.1) is 0 Å². The first kappa shape index (κ1) is 23.0. The fourth-order valence-corrected chi connectivity index (χ4v) is 6.44. The Bertz CT molecular complexity index is 980. The molecule has 4 aliphatic heterocycles. The van der Waals surface area contributed by atoms with Crippen molar-refractivity contribution in [2.24, 2.45) is 5.92 Å². The number of ether oxygens (including phenoxy) is 3. The minimum Gasteiger partial charge on any atom is -0.501 e. The lowest BCUT2D eigenvalue weighted by Gasteiger charge is -2.44. The van der Waals surface area contributed by atoms with E-state index in [4.69, 9.17) is 14.2 Å². The van der Waals surface area contributed by atoms with E-state index in [0.29, 0.717) is 39.0 Å². The summed E-state index contributed by atoms with van der Waals surface area (Å²) < 4.78 is 16.9. The molecule has 5 rings (SSSR count). The monoisotopic (exact) mass is 469 g/mol. The summed E-state index contributed by atoms with van der Waals surface area (Å²) in [5.74, 6) is 1.06. The van der Waals surface area contributed by atoms with Crippen molar-refractivity contribution in [2.75, 3.05) is 40.4 Å². The molecule has 3 unspecified atom stereocenters. The minimum absolute atomic E-state index is 0.0459. The number of likely N-dealkylation sites (tertiary alicyclic amines) is 1. The normalized spacial score (nSPS) is 30.1. The van der Waals surface area contributed by atoms with Crippen molar-refractivity contribution in [1.82, 2.24) is 14.7 Å². The maximum Gasteiger partial charge on any atom is 0.325 e. The zero-order valence-corrected chi connectivity index (χ0v) is 20.6. The lowest BCUT2D eigenvalue weighted by Crippen LogP contribution is -2.55. The van der Waals surface area contributed by atoms with Crippen LogP contribution in [0.1, 0.15) is 39.5 Å². The van der Waals surface area contributed by atoms with Gasteiger partial charge in [-0.3, -0.25) is 9.69 Å². The summed E-state index contributed by atoms with van der Waals surface area (Å²) in [5.41, 5.74) is 3.02. The van der Waals surface area contributed by atoms with Crippen molar-refractivity contribution in [3.8, 4) is 0 Å². The number of likely N-dealkylation sites (N-methyl/N-ethyl adjacent to an activating group) is 1. The van der Waals surface area contributed by atoms with Crippen molar-refractivity contribution in [1.29, 1.82) is 0 Å². The summed E-state index contributed by atoms with van der Waals surface area (Å²) in [6.07, 6.45) is 10.2. The lowest BCUT2D eigenvalue weighted by atomic mass is 9.80. The molecule has 3 atom stereocenters. The second kappa shape index (κ2) is 8.80. The number of carbonyl (C=O) groups is 2. The molecule has 0 saturated carbocycles. The van der Waals surface area contributed by atoms with E-state index in [1.807, 2.05) is 27.7 Å². The van der Waals surface area contributed by atoms with Crippen LogP contribution in [0.5, 0.6) is 0 Å². The number of carbonyl (C=O) groups excluding carboxylic acids is 2. The zero-order chi connectivity index (χ0) is 24.0. The number of piperidine rings is 1. The summed E-state index contributed by atoms with van der Waals surface area (Å²) in [4.78, 5) is 32.5. The van der Waals surface area contributed by atoms with Gasteiger partial charge >= 0.3 is 6.03 Å². The average molecular weight is 470 g/mol. The maximum absolute atomic E-state index is 13.7. The van der Waals surface area contributed by atoms with E-state index >= 15 is 0 Å². The van der Waals surface area contributed by atoms with Crippen LogP contribution in [0.3, 0.4) is 0 Å². The van der Waals surface area contributed by atoms with Gasteiger partial charge in [0.15, 0.2) is 6.10 Å². The highest BCUT2D eigenvalue weighted by atomic mass is 16.5. The van der Waals surface area contributed by atoms with Crippen LogP contribution < -0.4 is 0 Å². The number of methoxy groups -OCH3 is 2. The molecule has 34 heavy (non-hydrogen) atoms. The summed E-state index contributed by atoms with van der Waals surface area (Å²) in [5, 5.41) is 0. The van der Waals surface area contributed by atoms with Gasteiger partial charge in [0.1, 0.15) is 0 Å². The molecule has 0 bridgehead atoms. The highest BCUT2D eigenvalue weighted by molar-refractivity contribution is 5.84. The number of allylic oxidation sites excluding steroid dienone is 1. The molecule has 0 aromatic carbocycles. The third-order valence-electron chi connectivity index (χ3n) is 8.14. The lowest BCUT2D eigenvalue weighted by molar-refractivity contribution is -0.141. The molecule has 1 spiro atoms. The van der Waals surface area contributed by atoms with Crippen LogP contribution in [0.15, 0.2) is 47.1 Å². The summed E-state index contributed by atoms with van der Waals surface area (Å²) >= 11 is 0. The number of nitrogens with zero attached hydrogens (tertiary/aromatic N) is 3. The highest BCUT2D eigenvalue weighted by Gasteiger charge is 2.55. The maximum atomic E-state index is 13.7. The van der Waals surface area contributed by atoms with Crippen molar-refractivity contribution >= 4 is 11.9 Å². The Morgan fingerprint density at radius 3 is 2.65 bits per heavy atom. The van der Waals surface area contributed by atoms with Gasteiger partial charge in [-0.05, 0) is 43.1 Å². The van der Waals surface area contributed by atoms with Gasteiger partial charge in [-0.1, -0.05) is 13.0 Å². The molecular formula is C26H35N3O5. The van der Waals surface area contributed by atoms with Crippen molar-refractivity contribution in [2.45, 2.75) is 57.3 Å². The Morgan fingerprint density at radius 2 is 2.03 bits per heavy atom. The van der Waals surface area contributed by atoms with Crippen LogP contribution in [0.25, 0.3) is 0 Å². The molecular weight excluding hydrogens is 434 g/mol. The van der Waals surface area contributed by atoms with Crippen LogP contribution in [-0.4, -0.2) is 84.8 Å². The Morgan fingerprint density at radius 1 is 1.26 bits per heavy atom. The molecule has 2 fully saturated rings. The fraction of sp³-hybridized carbons (Fsp3) is 0.615. The Kier molecular flexibility index (Phi) is 5.96. The van der Waals surface area contributed by atoms with Gasteiger partial charge in [0, 0.05) is 51.2 Å². The molecule has 5 aliphatic rings. The number of hydrogen-bond donors (Lipinski definition) is 0. The van der Waals surface area contributed by atoms with Crippen molar-refractivity contribution in [3.05, 3.63) is 47.1 Å². The summed E-state index contributed by atoms with van der Waals surface area (Å²) in [6, 6.07) is 0.0460. The van der Waals surface area contributed by atoms with Gasteiger partial charge in [0.2, 0.25) is 0 Å². The molecule has 8 nitrogen and oxygen atoms in total. The fourth-order valence-electron chi connectivity index (χ4n) is 6.44. The molecule has 0 N–H and O–H groups in total. The first-order valence-electron chi connectivity index (χ1n) is 12.3. The predicted octanol–water partition coefficient (Wildman–Crippen LogP) is 3.19. The largest absolute Gasteiger partial charge is 0.501 e. The molecule has 1 aliphatic carbocycles. The van der Waals surface area contributed by atoms with Gasteiger partial charge in [0.05, 0.1) is 37.3 Å². The van der Waals surface area contributed by atoms with Gasteiger partial charge < -0.3 is 24.0 Å². The van der Waals surface area contributed by atoms with Crippen molar-refractivity contribution < 1.29 is 23.8 Å². The van der Waals surface area contributed by atoms with E-state index in [9.17, 15) is 9.59 Å². The van der Waals surface area contributed by atoms with Crippen LogP contribution in [-0.2, 0) is 19.0 Å². The van der Waals surface area contributed by atoms with Crippen molar-refractivity contribution in [3.63, 3.8) is 0 Å². The molecule has 2 saturated heterocycles. The molecule has 0 aromatic rings. The molecule has 0 radical (unpaired) electrons. The van der Waals surface area contributed by atoms with E-state index in [0.717, 1.165) is 29.9 Å². The van der Waals surface area contributed by atoms with Crippen LogP contribution in [0.2, 0.25) is 0 Å². The number of rotatable bonds is 4. The topological polar surface area (TPSA) is 71.6 Å². The third-order valence-corrected chi connectivity index (χ3v) is 8.14. The standard InChI is InChI=1S/C26H35N3O5/c1-5-29-25(31)28-16-18-14-19(32-3)15-21(33-4)23(18)17(2)13-22(28)26(29)8-10-27(11-9-26)24(30)20-7-6-12-34-20/h6,12-14,17,20-21H,5,7-11,15-16H2,1-4H3. The highest BCUT2D eigenvalue weighted by Crippen LogP contribution is 2.47. The van der Waals surface area contributed by atoms with E-state index in [1.165, 1.54) is 5.57 Å². The summed E-state index contributed by atoms with van der Waals surface area (Å²) in [7, 11) is 3.42. The Balaban J connectivity index is 1.45. The van der Waals surface area contributed by atoms with E-state index in [-0.39, 0.29) is 24.0 Å². The van der Waals surface area contributed by atoms with E-state index in [2.05, 4.69) is 19.1 Å². The Hall–Kier alpha value is -2.74. The minimum atomic E-state index is -0.404. The predicted molar refractivity (Wildman–Crippen MR) is 126 cm³/mol.